The largest absolute Gasteiger partial charge is 0.381 e. The third-order valence-electron chi connectivity index (χ3n) is 4.35. The molecule has 1 unspecified atom stereocenters. The van der Waals surface area contributed by atoms with Crippen molar-refractivity contribution in [2.24, 2.45) is 5.92 Å². The molecule has 2 aliphatic heterocycles. The highest BCUT2D eigenvalue weighted by atomic mass is 16.5. The zero-order valence-corrected chi connectivity index (χ0v) is 12.6. The summed E-state index contributed by atoms with van der Waals surface area (Å²) in [5.41, 5.74) is 1.65. The van der Waals surface area contributed by atoms with E-state index in [1.807, 2.05) is 19.1 Å². The van der Waals surface area contributed by atoms with Crippen LogP contribution in [-0.4, -0.2) is 55.8 Å². The Hall–Kier alpha value is -1.64. The number of nitrogens with zero attached hydrogens (tertiary/aromatic N) is 4. The van der Waals surface area contributed by atoms with Gasteiger partial charge in [-0.2, -0.15) is 5.26 Å². The van der Waals surface area contributed by atoms with Gasteiger partial charge in [0.05, 0.1) is 12.2 Å². The van der Waals surface area contributed by atoms with Crippen LogP contribution in [0, 0.1) is 24.2 Å². The van der Waals surface area contributed by atoms with Gasteiger partial charge in [-0.15, -0.1) is 0 Å². The van der Waals surface area contributed by atoms with Crippen LogP contribution in [0.4, 0.5) is 5.82 Å². The van der Waals surface area contributed by atoms with Crippen LogP contribution in [0.15, 0.2) is 12.1 Å². The molecule has 0 spiro atoms. The minimum absolute atomic E-state index is 0.679. The maximum atomic E-state index is 9.24. The van der Waals surface area contributed by atoms with Gasteiger partial charge in [0.2, 0.25) is 0 Å². The summed E-state index contributed by atoms with van der Waals surface area (Å²) in [6.45, 7) is 8.91. The number of hydrogen-bond donors (Lipinski definition) is 0. The Morgan fingerprint density at radius 3 is 2.81 bits per heavy atom. The number of hydrogen-bond acceptors (Lipinski definition) is 5. The Balaban J connectivity index is 1.60. The smallest absolute Gasteiger partial charge is 0.146 e. The molecular formula is C16H22N4O. The summed E-state index contributed by atoms with van der Waals surface area (Å²) in [5.74, 6) is 1.55. The van der Waals surface area contributed by atoms with Crippen LogP contribution in [0.3, 0.4) is 0 Å². The van der Waals surface area contributed by atoms with Gasteiger partial charge in [-0.1, -0.05) is 0 Å². The Morgan fingerprint density at radius 2 is 2.14 bits per heavy atom. The molecular weight excluding hydrogens is 264 g/mol. The zero-order chi connectivity index (χ0) is 14.7. The first-order chi connectivity index (χ1) is 10.3. The van der Waals surface area contributed by atoms with Gasteiger partial charge in [-0.05, 0) is 31.4 Å². The molecule has 0 N–H and O–H groups in total. The predicted molar refractivity (Wildman–Crippen MR) is 81.3 cm³/mol. The number of ether oxygens (including phenoxy) is 1. The number of aryl methyl sites for hydroxylation is 1. The highest BCUT2D eigenvalue weighted by Gasteiger charge is 2.24. The minimum Gasteiger partial charge on any atom is -0.381 e. The standard InChI is InChI=1S/C16H22N4O/c1-13-2-3-15(10-17)16(18-13)20-7-5-19(6-8-20)11-14-4-9-21-12-14/h2-3,14H,4-9,11-12H2,1H3. The van der Waals surface area contributed by atoms with E-state index in [1.54, 1.807) is 0 Å². The number of pyridine rings is 1. The number of anilines is 1. The minimum atomic E-state index is 0.679. The van der Waals surface area contributed by atoms with Crippen molar-refractivity contribution in [1.82, 2.24) is 9.88 Å². The molecule has 0 saturated carbocycles. The molecule has 0 aromatic carbocycles. The zero-order valence-electron chi connectivity index (χ0n) is 12.6. The van der Waals surface area contributed by atoms with Crippen LogP contribution in [0.25, 0.3) is 0 Å². The Kier molecular flexibility index (Phi) is 4.37. The van der Waals surface area contributed by atoms with Crippen molar-refractivity contribution >= 4 is 5.82 Å². The second kappa shape index (κ2) is 6.42. The van der Waals surface area contributed by atoms with Crippen molar-refractivity contribution in [3.8, 4) is 6.07 Å². The molecule has 5 nitrogen and oxygen atoms in total. The number of piperazine rings is 1. The van der Waals surface area contributed by atoms with Crippen LogP contribution < -0.4 is 4.90 Å². The lowest BCUT2D eigenvalue weighted by atomic mass is 10.1. The highest BCUT2D eigenvalue weighted by Crippen LogP contribution is 2.21. The second-order valence-electron chi connectivity index (χ2n) is 5.95. The molecule has 3 heterocycles. The maximum Gasteiger partial charge on any atom is 0.146 e. The first-order valence-corrected chi connectivity index (χ1v) is 7.69. The van der Waals surface area contributed by atoms with Crippen LogP contribution in [-0.2, 0) is 4.74 Å². The fourth-order valence-electron chi connectivity index (χ4n) is 3.11. The van der Waals surface area contributed by atoms with Gasteiger partial charge in [-0.25, -0.2) is 4.98 Å². The monoisotopic (exact) mass is 286 g/mol. The summed E-state index contributed by atoms with van der Waals surface area (Å²) in [6, 6.07) is 6.03. The van der Waals surface area contributed by atoms with Gasteiger partial charge in [0.15, 0.2) is 0 Å². The van der Waals surface area contributed by atoms with E-state index in [0.717, 1.165) is 57.4 Å². The summed E-state index contributed by atoms with van der Waals surface area (Å²) < 4.78 is 5.45. The van der Waals surface area contributed by atoms with Crippen LogP contribution >= 0.6 is 0 Å². The summed E-state index contributed by atoms with van der Waals surface area (Å²) in [6.07, 6.45) is 1.19. The van der Waals surface area contributed by atoms with Gasteiger partial charge < -0.3 is 9.64 Å². The average Bonchev–Trinajstić information content (AvgIpc) is 3.01. The molecule has 2 fully saturated rings. The predicted octanol–water partition coefficient (Wildman–Crippen LogP) is 1.42. The van der Waals surface area contributed by atoms with Crippen molar-refractivity contribution in [1.29, 1.82) is 5.26 Å². The fourth-order valence-corrected chi connectivity index (χ4v) is 3.11. The lowest BCUT2D eigenvalue weighted by Crippen LogP contribution is -2.48. The van der Waals surface area contributed by atoms with E-state index in [1.165, 1.54) is 6.42 Å². The molecule has 0 bridgehead atoms. The van der Waals surface area contributed by atoms with E-state index in [2.05, 4.69) is 20.9 Å². The number of aromatic nitrogens is 1. The first kappa shape index (κ1) is 14.3. The molecule has 112 valence electrons. The topological polar surface area (TPSA) is 52.4 Å². The molecule has 1 aromatic rings. The van der Waals surface area contributed by atoms with E-state index in [0.29, 0.717) is 11.5 Å². The van der Waals surface area contributed by atoms with E-state index in [4.69, 9.17) is 4.74 Å². The first-order valence-electron chi connectivity index (χ1n) is 7.69. The number of nitriles is 1. The third-order valence-corrected chi connectivity index (χ3v) is 4.35. The SMILES string of the molecule is Cc1ccc(C#N)c(N2CCN(CC3CCOC3)CC2)n1. The quantitative estimate of drug-likeness (QED) is 0.841. The third kappa shape index (κ3) is 3.34. The summed E-state index contributed by atoms with van der Waals surface area (Å²) >= 11 is 0. The van der Waals surface area contributed by atoms with Crippen LogP contribution in [0.2, 0.25) is 0 Å². The molecule has 1 atom stereocenters. The lowest BCUT2D eigenvalue weighted by Gasteiger charge is -2.36. The van der Waals surface area contributed by atoms with Crippen LogP contribution in [0.5, 0.6) is 0 Å². The Labute approximate surface area is 126 Å². The summed E-state index contributed by atoms with van der Waals surface area (Å²) in [5, 5.41) is 9.24. The van der Waals surface area contributed by atoms with Crippen molar-refractivity contribution in [3.05, 3.63) is 23.4 Å². The van der Waals surface area contributed by atoms with Gasteiger partial charge in [0, 0.05) is 45.0 Å². The van der Waals surface area contributed by atoms with Crippen molar-refractivity contribution < 1.29 is 4.74 Å². The Morgan fingerprint density at radius 1 is 1.33 bits per heavy atom. The van der Waals surface area contributed by atoms with Crippen molar-refractivity contribution in [3.63, 3.8) is 0 Å². The lowest BCUT2D eigenvalue weighted by molar-refractivity contribution is 0.164. The van der Waals surface area contributed by atoms with Crippen molar-refractivity contribution in [2.75, 3.05) is 50.8 Å². The van der Waals surface area contributed by atoms with Crippen LogP contribution in [0.1, 0.15) is 17.7 Å². The van der Waals surface area contributed by atoms with E-state index >= 15 is 0 Å². The molecule has 2 saturated heterocycles. The highest BCUT2D eigenvalue weighted by molar-refractivity contribution is 5.54. The molecule has 21 heavy (non-hydrogen) atoms. The van der Waals surface area contributed by atoms with Gasteiger partial charge >= 0.3 is 0 Å². The summed E-state index contributed by atoms with van der Waals surface area (Å²) in [7, 11) is 0. The normalized spacial score (nSPS) is 23.2. The van der Waals surface area contributed by atoms with Gasteiger partial charge in [0.1, 0.15) is 11.9 Å². The fraction of sp³-hybridized carbons (Fsp3) is 0.625. The maximum absolute atomic E-state index is 9.24. The van der Waals surface area contributed by atoms with E-state index < -0.39 is 0 Å². The van der Waals surface area contributed by atoms with Crippen molar-refractivity contribution in [2.45, 2.75) is 13.3 Å². The summed E-state index contributed by atoms with van der Waals surface area (Å²) in [4.78, 5) is 9.32. The molecule has 3 rings (SSSR count). The van der Waals surface area contributed by atoms with Gasteiger partial charge in [0.25, 0.3) is 0 Å². The second-order valence-corrected chi connectivity index (χ2v) is 5.95. The molecule has 1 aromatic heterocycles. The van der Waals surface area contributed by atoms with E-state index in [-0.39, 0.29) is 0 Å². The molecule has 2 aliphatic rings. The average molecular weight is 286 g/mol. The molecule has 0 radical (unpaired) electrons. The van der Waals surface area contributed by atoms with E-state index in [9.17, 15) is 5.26 Å². The molecule has 5 heteroatoms. The number of rotatable bonds is 3. The van der Waals surface area contributed by atoms with Gasteiger partial charge in [-0.3, -0.25) is 4.90 Å². The molecule has 0 amide bonds. The molecule has 0 aliphatic carbocycles. The Bertz CT molecular complexity index is 526.